The van der Waals surface area contributed by atoms with Crippen LogP contribution in [0.3, 0.4) is 0 Å². The van der Waals surface area contributed by atoms with Gasteiger partial charge in [-0.1, -0.05) is 18.2 Å². The lowest BCUT2D eigenvalue weighted by atomic mass is 9.81. The number of carbonyl (C=O) groups is 2. The molecule has 0 saturated carbocycles. The van der Waals surface area contributed by atoms with Crippen LogP contribution in [0.1, 0.15) is 27.9 Å². The van der Waals surface area contributed by atoms with Crippen LogP contribution in [0.15, 0.2) is 41.3 Å². The highest BCUT2D eigenvalue weighted by Gasteiger charge is 2.52. The van der Waals surface area contributed by atoms with Crippen LogP contribution >= 0.6 is 0 Å². The van der Waals surface area contributed by atoms with E-state index in [-0.39, 0.29) is 17.4 Å². The fraction of sp³-hybridized carbons (Fsp3) is 0.278. The summed E-state index contributed by atoms with van der Waals surface area (Å²) in [6.07, 6.45) is 2.05. The number of likely N-dealkylation sites (tertiary alicyclic amines) is 1. The van der Waals surface area contributed by atoms with E-state index in [2.05, 4.69) is 10.3 Å². The van der Waals surface area contributed by atoms with Gasteiger partial charge in [-0.15, -0.1) is 0 Å². The third kappa shape index (κ3) is 1.99. The van der Waals surface area contributed by atoms with Crippen LogP contribution in [0.5, 0.6) is 0 Å². The van der Waals surface area contributed by atoms with E-state index in [0.29, 0.717) is 30.6 Å². The van der Waals surface area contributed by atoms with E-state index in [1.807, 2.05) is 24.3 Å². The number of pyridine rings is 1. The molecule has 2 amide bonds. The van der Waals surface area contributed by atoms with E-state index in [0.717, 1.165) is 11.3 Å². The number of hydrogen-bond donors (Lipinski definition) is 2. The third-order valence-corrected chi connectivity index (χ3v) is 5.04. The SMILES string of the molecule is Cc1cc(=O)[nH]cc1C(=O)N1CCC2(C1)C(=O)Nc1ccccc12. The number of rotatable bonds is 1. The minimum Gasteiger partial charge on any atom is -0.337 e. The van der Waals surface area contributed by atoms with Crippen molar-refractivity contribution < 1.29 is 9.59 Å². The number of carbonyl (C=O) groups excluding carboxylic acids is 2. The Morgan fingerprint density at radius 3 is 2.83 bits per heavy atom. The van der Waals surface area contributed by atoms with Crippen molar-refractivity contribution in [2.75, 3.05) is 18.4 Å². The quantitative estimate of drug-likeness (QED) is 0.833. The molecule has 0 bridgehead atoms. The summed E-state index contributed by atoms with van der Waals surface area (Å²) in [5.74, 6) is -0.199. The van der Waals surface area contributed by atoms with E-state index >= 15 is 0 Å². The van der Waals surface area contributed by atoms with Crippen molar-refractivity contribution in [2.45, 2.75) is 18.8 Å². The molecular weight excluding hydrogens is 306 g/mol. The zero-order valence-electron chi connectivity index (χ0n) is 13.3. The molecule has 1 saturated heterocycles. The largest absolute Gasteiger partial charge is 0.337 e. The monoisotopic (exact) mass is 323 g/mol. The fourth-order valence-electron chi connectivity index (χ4n) is 3.74. The molecule has 1 unspecified atom stereocenters. The number of para-hydroxylation sites is 1. The average Bonchev–Trinajstić information content (AvgIpc) is 3.11. The molecule has 2 aliphatic rings. The molecule has 1 atom stereocenters. The van der Waals surface area contributed by atoms with E-state index in [4.69, 9.17) is 0 Å². The Morgan fingerprint density at radius 2 is 2.04 bits per heavy atom. The normalized spacial score (nSPS) is 21.9. The van der Waals surface area contributed by atoms with Crippen LogP contribution in [0.2, 0.25) is 0 Å². The van der Waals surface area contributed by atoms with Crippen LogP contribution < -0.4 is 10.9 Å². The number of nitrogens with zero attached hydrogens (tertiary/aromatic N) is 1. The smallest absolute Gasteiger partial charge is 0.255 e. The van der Waals surface area contributed by atoms with Gasteiger partial charge in [0, 0.05) is 31.0 Å². The molecule has 2 aliphatic heterocycles. The molecule has 1 aromatic carbocycles. The topological polar surface area (TPSA) is 82.3 Å². The lowest BCUT2D eigenvalue weighted by molar-refractivity contribution is -0.120. The van der Waals surface area contributed by atoms with Gasteiger partial charge in [-0.3, -0.25) is 14.4 Å². The summed E-state index contributed by atoms with van der Waals surface area (Å²) in [6, 6.07) is 9.05. The maximum absolute atomic E-state index is 12.8. The summed E-state index contributed by atoms with van der Waals surface area (Å²) in [6.45, 7) is 2.61. The van der Waals surface area contributed by atoms with Crippen molar-refractivity contribution in [1.82, 2.24) is 9.88 Å². The van der Waals surface area contributed by atoms with Gasteiger partial charge < -0.3 is 15.2 Å². The van der Waals surface area contributed by atoms with Crippen molar-refractivity contribution in [2.24, 2.45) is 0 Å². The molecule has 6 nitrogen and oxygen atoms in total. The molecule has 1 fully saturated rings. The van der Waals surface area contributed by atoms with Crippen molar-refractivity contribution in [1.29, 1.82) is 0 Å². The molecule has 2 aromatic rings. The van der Waals surface area contributed by atoms with Crippen LogP contribution in [-0.4, -0.2) is 34.8 Å². The van der Waals surface area contributed by atoms with Crippen molar-refractivity contribution in [3.8, 4) is 0 Å². The summed E-state index contributed by atoms with van der Waals surface area (Å²) in [5, 5.41) is 2.92. The van der Waals surface area contributed by atoms with Gasteiger partial charge in [0.1, 0.15) is 0 Å². The summed E-state index contributed by atoms with van der Waals surface area (Å²) in [7, 11) is 0. The highest BCUT2D eigenvalue weighted by Crippen LogP contribution is 2.44. The number of aromatic amines is 1. The predicted octanol–water partition coefficient (Wildman–Crippen LogP) is 1.42. The van der Waals surface area contributed by atoms with Gasteiger partial charge in [0.05, 0.1) is 11.0 Å². The van der Waals surface area contributed by atoms with Crippen LogP contribution in [0.25, 0.3) is 0 Å². The maximum atomic E-state index is 12.8. The molecule has 3 heterocycles. The lowest BCUT2D eigenvalue weighted by Gasteiger charge is -2.23. The Kier molecular flexibility index (Phi) is 3.09. The van der Waals surface area contributed by atoms with Crippen LogP contribution in [0.4, 0.5) is 5.69 Å². The zero-order chi connectivity index (χ0) is 16.9. The first-order chi connectivity index (χ1) is 11.5. The molecule has 122 valence electrons. The van der Waals surface area contributed by atoms with Gasteiger partial charge in [-0.25, -0.2) is 0 Å². The number of benzene rings is 1. The molecule has 0 aliphatic carbocycles. The Balaban J connectivity index is 1.66. The van der Waals surface area contributed by atoms with E-state index < -0.39 is 5.41 Å². The minimum atomic E-state index is -0.664. The number of H-pyrrole nitrogens is 1. The number of nitrogens with one attached hydrogen (secondary N) is 2. The molecular formula is C18H17N3O3. The second-order valence-corrected chi connectivity index (χ2v) is 6.45. The van der Waals surface area contributed by atoms with Crippen LogP contribution in [0, 0.1) is 6.92 Å². The Morgan fingerprint density at radius 1 is 1.25 bits per heavy atom. The number of hydrogen-bond acceptors (Lipinski definition) is 3. The second kappa shape index (κ2) is 5.06. The molecule has 1 aromatic heterocycles. The summed E-state index contributed by atoms with van der Waals surface area (Å²) >= 11 is 0. The van der Waals surface area contributed by atoms with Crippen molar-refractivity contribution in [3.63, 3.8) is 0 Å². The standard InChI is InChI=1S/C18H17N3O3/c1-11-8-15(22)19-9-12(11)16(23)21-7-6-18(10-21)13-4-2-3-5-14(13)20-17(18)24/h2-5,8-9H,6-7,10H2,1H3,(H,19,22)(H,20,24). The zero-order valence-corrected chi connectivity index (χ0v) is 13.3. The second-order valence-electron chi connectivity index (χ2n) is 6.45. The van der Waals surface area contributed by atoms with E-state index in [1.165, 1.54) is 12.3 Å². The predicted molar refractivity (Wildman–Crippen MR) is 89.1 cm³/mol. The number of aromatic nitrogens is 1. The van der Waals surface area contributed by atoms with Gasteiger partial charge in [0.25, 0.3) is 5.91 Å². The molecule has 4 rings (SSSR count). The molecule has 6 heteroatoms. The Labute approximate surface area is 138 Å². The highest BCUT2D eigenvalue weighted by molar-refractivity contribution is 6.07. The third-order valence-electron chi connectivity index (χ3n) is 5.04. The van der Waals surface area contributed by atoms with E-state index in [1.54, 1.807) is 11.8 Å². The average molecular weight is 323 g/mol. The number of amides is 2. The van der Waals surface area contributed by atoms with E-state index in [9.17, 15) is 14.4 Å². The summed E-state index contributed by atoms with van der Waals surface area (Å²) in [4.78, 5) is 41.0. The van der Waals surface area contributed by atoms with Gasteiger partial charge in [-0.2, -0.15) is 0 Å². The maximum Gasteiger partial charge on any atom is 0.255 e. The van der Waals surface area contributed by atoms with Gasteiger partial charge in [-0.05, 0) is 30.5 Å². The molecule has 0 radical (unpaired) electrons. The first-order valence-corrected chi connectivity index (χ1v) is 7.91. The number of fused-ring (bicyclic) bond motifs is 2. The van der Waals surface area contributed by atoms with Gasteiger partial charge in [0.2, 0.25) is 11.5 Å². The Bertz CT molecular complexity index is 918. The number of anilines is 1. The van der Waals surface area contributed by atoms with Crippen molar-refractivity contribution in [3.05, 3.63) is 63.6 Å². The molecule has 2 N–H and O–H groups in total. The first kappa shape index (κ1) is 14.7. The summed E-state index contributed by atoms with van der Waals surface area (Å²) in [5.41, 5.74) is 2.01. The molecule has 24 heavy (non-hydrogen) atoms. The Hall–Kier alpha value is -2.89. The van der Waals surface area contributed by atoms with Gasteiger partial charge in [0.15, 0.2) is 0 Å². The first-order valence-electron chi connectivity index (χ1n) is 7.91. The van der Waals surface area contributed by atoms with Crippen LogP contribution in [-0.2, 0) is 10.2 Å². The highest BCUT2D eigenvalue weighted by atomic mass is 16.2. The van der Waals surface area contributed by atoms with Crippen molar-refractivity contribution >= 4 is 17.5 Å². The summed E-state index contributed by atoms with van der Waals surface area (Å²) < 4.78 is 0. The fourth-order valence-corrected chi connectivity index (χ4v) is 3.74. The molecule has 1 spiro atoms. The minimum absolute atomic E-state index is 0.0443. The van der Waals surface area contributed by atoms with Gasteiger partial charge >= 0.3 is 0 Å². The lowest BCUT2D eigenvalue weighted by Crippen LogP contribution is -2.39. The number of aryl methyl sites for hydroxylation is 1.